The molecule has 0 unspecified atom stereocenters. The summed E-state index contributed by atoms with van der Waals surface area (Å²) in [4.78, 5) is 45.2. The molecule has 0 aromatic heterocycles. The van der Waals surface area contributed by atoms with Crippen molar-refractivity contribution in [2.75, 3.05) is 0 Å². The number of hydrogen-bond donors (Lipinski definition) is 1. The van der Waals surface area contributed by atoms with Crippen molar-refractivity contribution in [1.29, 1.82) is 0 Å². The number of hydrogen-bond acceptors (Lipinski definition) is 7. The first kappa shape index (κ1) is 16.6. The zero-order chi connectivity index (χ0) is 16.3. The van der Waals surface area contributed by atoms with E-state index in [2.05, 4.69) is 0 Å². The second-order valence-corrected chi connectivity index (χ2v) is 4.34. The highest BCUT2D eigenvalue weighted by molar-refractivity contribution is 6.68. The van der Waals surface area contributed by atoms with Crippen LogP contribution in [0.4, 0.5) is 0 Å². The highest BCUT2D eigenvalue weighted by Crippen LogP contribution is 2.42. The fourth-order valence-electron chi connectivity index (χ4n) is 1.61. The van der Waals surface area contributed by atoms with Crippen LogP contribution >= 0.6 is 11.6 Å². The molecule has 1 rings (SSSR count). The smallest absolute Gasteiger partial charge is 0.308 e. The Kier molecular flexibility index (Phi) is 5.04. The van der Waals surface area contributed by atoms with Crippen molar-refractivity contribution in [2.45, 2.75) is 20.8 Å². The quantitative estimate of drug-likeness (QED) is 0.391. The molecule has 0 saturated heterocycles. The minimum absolute atomic E-state index is 0.362. The maximum atomic E-state index is 11.7. The summed E-state index contributed by atoms with van der Waals surface area (Å²) in [6.45, 7) is 3.18. The molecule has 0 heterocycles. The maximum absolute atomic E-state index is 11.7. The number of ether oxygens (including phenoxy) is 2. The molecule has 1 aromatic rings. The van der Waals surface area contributed by atoms with E-state index in [-0.39, 0.29) is 11.1 Å². The number of carbonyl (C=O) groups is 4. The van der Waals surface area contributed by atoms with E-state index in [4.69, 9.17) is 21.1 Å². The van der Waals surface area contributed by atoms with Crippen LogP contribution in [0.5, 0.6) is 17.2 Å². The van der Waals surface area contributed by atoms with Crippen LogP contribution in [0.15, 0.2) is 6.07 Å². The van der Waals surface area contributed by atoms with Crippen molar-refractivity contribution in [3.8, 4) is 17.2 Å². The van der Waals surface area contributed by atoms with E-state index in [1.807, 2.05) is 0 Å². The van der Waals surface area contributed by atoms with Crippen LogP contribution < -0.4 is 9.47 Å². The molecule has 1 N–H and O–H groups in total. The SMILES string of the molecule is CC(=O)Oc1c(O)cc(C(=O)Cl)c(C(C)=O)c1OC(C)=O. The molecule has 21 heavy (non-hydrogen) atoms. The molecule has 0 fully saturated rings. The van der Waals surface area contributed by atoms with Crippen LogP contribution in [0.1, 0.15) is 41.5 Å². The van der Waals surface area contributed by atoms with Crippen LogP contribution in [0.25, 0.3) is 0 Å². The Morgan fingerprint density at radius 2 is 1.48 bits per heavy atom. The van der Waals surface area contributed by atoms with Gasteiger partial charge in [-0.15, -0.1) is 0 Å². The summed E-state index contributed by atoms with van der Waals surface area (Å²) in [5.74, 6) is -4.07. The summed E-state index contributed by atoms with van der Waals surface area (Å²) in [6.07, 6.45) is 0. The number of benzene rings is 1. The van der Waals surface area contributed by atoms with Gasteiger partial charge < -0.3 is 14.6 Å². The van der Waals surface area contributed by atoms with Crippen LogP contribution in [0, 0.1) is 0 Å². The highest BCUT2D eigenvalue weighted by atomic mass is 35.5. The van der Waals surface area contributed by atoms with E-state index in [0.29, 0.717) is 0 Å². The number of ketones is 1. The Labute approximate surface area is 124 Å². The topological polar surface area (TPSA) is 107 Å². The van der Waals surface area contributed by atoms with Crippen molar-refractivity contribution < 1.29 is 33.8 Å². The lowest BCUT2D eigenvalue weighted by atomic mass is 10.0. The zero-order valence-electron chi connectivity index (χ0n) is 11.4. The predicted octanol–water partition coefficient (Wildman–Crippen LogP) is 1.82. The second-order valence-electron chi connectivity index (χ2n) is 3.99. The van der Waals surface area contributed by atoms with Gasteiger partial charge in [0, 0.05) is 13.8 Å². The lowest BCUT2D eigenvalue weighted by Crippen LogP contribution is -2.13. The molecule has 0 atom stereocenters. The fourth-order valence-corrected chi connectivity index (χ4v) is 1.76. The number of phenols is 1. The average molecular weight is 315 g/mol. The van der Waals surface area contributed by atoms with E-state index in [0.717, 1.165) is 26.8 Å². The number of Topliss-reactive ketones (excluding diaryl/α,β-unsaturated/α-hetero) is 1. The summed E-state index contributed by atoms with van der Waals surface area (Å²) in [6, 6.07) is 0.858. The van der Waals surface area contributed by atoms with Gasteiger partial charge in [0.1, 0.15) is 0 Å². The summed E-state index contributed by atoms with van der Waals surface area (Å²) in [7, 11) is 0. The Morgan fingerprint density at radius 3 is 1.86 bits per heavy atom. The van der Waals surface area contributed by atoms with Gasteiger partial charge in [0.05, 0.1) is 11.1 Å². The van der Waals surface area contributed by atoms with Crippen molar-refractivity contribution in [3.05, 3.63) is 17.2 Å². The van der Waals surface area contributed by atoms with Crippen molar-refractivity contribution in [3.63, 3.8) is 0 Å². The molecule has 0 bridgehead atoms. The van der Waals surface area contributed by atoms with Crippen molar-refractivity contribution in [2.24, 2.45) is 0 Å². The van der Waals surface area contributed by atoms with Crippen molar-refractivity contribution in [1.82, 2.24) is 0 Å². The third-order valence-electron chi connectivity index (χ3n) is 2.27. The van der Waals surface area contributed by atoms with Gasteiger partial charge >= 0.3 is 11.9 Å². The summed E-state index contributed by atoms with van der Waals surface area (Å²) < 4.78 is 9.53. The molecule has 7 nitrogen and oxygen atoms in total. The second kappa shape index (κ2) is 6.36. The first-order valence-electron chi connectivity index (χ1n) is 5.62. The minimum Gasteiger partial charge on any atom is -0.504 e. The van der Waals surface area contributed by atoms with Gasteiger partial charge in [0.25, 0.3) is 5.24 Å². The van der Waals surface area contributed by atoms with Gasteiger partial charge in [-0.1, -0.05) is 0 Å². The van der Waals surface area contributed by atoms with Gasteiger partial charge in [-0.25, -0.2) is 0 Å². The van der Waals surface area contributed by atoms with Crippen LogP contribution in [0.2, 0.25) is 0 Å². The number of carbonyl (C=O) groups excluding carboxylic acids is 4. The molecule has 8 heteroatoms. The first-order valence-corrected chi connectivity index (χ1v) is 6.00. The predicted molar refractivity (Wildman–Crippen MR) is 70.9 cm³/mol. The zero-order valence-corrected chi connectivity index (χ0v) is 12.1. The molecule has 0 radical (unpaired) electrons. The van der Waals surface area contributed by atoms with E-state index in [9.17, 15) is 24.3 Å². The molecule has 0 spiro atoms. The Balaban J connectivity index is 3.76. The van der Waals surface area contributed by atoms with Gasteiger partial charge in [-0.3, -0.25) is 19.2 Å². The molecule has 0 amide bonds. The molecule has 0 aliphatic heterocycles. The van der Waals surface area contributed by atoms with E-state index >= 15 is 0 Å². The van der Waals surface area contributed by atoms with Gasteiger partial charge in [-0.05, 0) is 24.6 Å². The number of rotatable bonds is 4. The average Bonchev–Trinajstić information content (AvgIpc) is 2.31. The summed E-state index contributed by atoms with van der Waals surface area (Å²) >= 11 is 5.34. The van der Waals surface area contributed by atoms with Gasteiger partial charge in [-0.2, -0.15) is 0 Å². The third kappa shape index (κ3) is 3.79. The van der Waals surface area contributed by atoms with E-state index < -0.39 is 40.2 Å². The number of halogens is 1. The van der Waals surface area contributed by atoms with E-state index in [1.54, 1.807) is 0 Å². The number of phenolic OH excluding ortho intramolecular Hbond substituents is 1. The molecule has 112 valence electrons. The highest BCUT2D eigenvalue weighted by Gasteiger charge is 2.28. The third-order valence-corrected chi connectivity index (χ3v) is 2.48. The lowest BCUT2D eigenvalue weighted by molar-refractivity contribution is -0.134. The molecule has 0 saturated carbocycles. The molecule has 0 aliphatic carbocycles. The summed E-state index contributed by atoms with van der Waals surface area (Å²) in [5, 5.41) is 8.76. The standard InChI is InChI=1S/C13H11ClO7/c1-5(15)10-8(13(14)19)4-9(18)11(20-6(2)16)12(10)21-7(3)17/h4,18H,1-3H3. The Hall–Kier alpha value is -2.41. The fraction of sp³-hybridized carbons (Fsp3) is 0.231. The first-order chi connectivity index (χ1) is 9.65. The monoisotopic (exact) mass is 314 g/mol. The molecule has 0 aliphatic rings. The van der Waals surface area contributed by atoms with Crippen LogP contribution in [0.3, 0.4) is 0 Å². The maximum Gasteiger partial charge on any atom is 0.308 e. The Morgan fingerprint density at radius 1 is 1.00 bits per heavy atom. The van der Waals surface area contributed by atoms with E-state index in [1.165, 1.54) is 0 Å². The Bertz CT molecular complexity index is 648. The lowest BCUT2D eigenvalue weighted by Gasteiger charge is -2.15. The number of esters is 2. The number of aromatic hydroxyl groups is 1. The summed E-state index contributed by atoms with van der Waals surface area (Å²) in [5.41, 5.74) is -0.729. The molecular weight excluding hydrogens is 304 g/mol. The van der Waals surface area contributed by atoms with Gasteiger partial charge in [0.2, 0.25) is 5.75 Å². The molecular formula is C13H11ClO7. The van der Waals surface area contributed by atoms with Crippen LogP contribution in [-0.4, -0.2) is 28.1 Å². The van der Waals surface area contributed by atoms with Crippen molar-refractivity contribution >= 4 is 34.6 Å². The largest absolute Gasteiger partial charge is 0.504 e. The van der Waals surface area contributed by atoms with Gasteiger partial charge in [0.15, 0.2) is 17.3 Å². The van der Waals surface area contributed by atoms with Crippen LogP contribution in [-0.2, 0) is 9.59 Å². The normalized spacial score (nSPS) is 9.90. The minimum atomic E-state index is -1.04. The molecule has 1 aromatic carbocycles.